The molecule has 4 nitrogen and oxygen atoms in total. The molecular formula is C27H28O4. The van der Waals surface area contributed by atoms with E-state index in [9.17, 15) is 4.79 Å². The fraction of sp³-hybridized carbons (Fsp3) is 0.222. The smallest absolute Gasteiger partial charge is 0.185 e. The van der Waals surface area contributed by atoms with Crippen LogP contribution in [0.3, 0.4) is 0 Å². The Morgan fingerprint density at radius 3 is 2.16 bits per heavy atom. The lowest BCUT2D eigenvalue weighted by molar-refractivity contribution is 0.104. The van der Waals surface area contributed by atoms with Gasteiger partial charge in [-0.1, -0.05) is 38.1 Å². The van der Waals surface area contributed by atoms with Gasteiger partial charge >= 0.3 is 0 Å². The summed E-state index contributed by atoms with van der Waals surface area (Å²) in [6.07, 6.45) is 3.37. The van der Waals surface area contributed by atoms with Crippen molar-refractivity contribution in [3.8, 4) is 17.2 Å². The molecular weight excluding hydrogens is 388 g/mol. The van der Waals surface area contributed by atoms with E-state index in [0.29, 0.717) is 18.1 Å². The monoisotopic (exact) mass is 416 g/mol. The number of hydrogen-bond donors (Lipinski definition) is 0. The summed E-state index contributed by atoms with van der Waals surface area (Å²) >= 11 is 0. The Bertz CT molecular complexity index is 1030. The van der Waals surface area contributed by atoms with Gasteiger partial charge in [0.15, 0.2) is 5.78 Å². The second kappa shape index (κ2) is 10.5. The molecule has 0 aliphatic rings. The Morgan fingerprint density at radius 1 is 0.871 bits per heavy atom. The number of rotatable bonds is 9. The van der Waals surface area contributed by atoms with Gasteiger partial charge in [0.1, 0.15) is 23.9 Å². The van der Waals surface area contributed by atoms with Crippen LogP contribution in [0, 0.1) is 0 Å². The normalized spacial score (nSPS) is 11.0. The zero-order chi connectivity index (χ0) is 22.2. The van der Waals surface area contributed by atoms with Crippen molar-refractivity contribution in [1.82, 2.24) is 0 Å². The van der Waals surface area contributed by atoms with E-state index >= 15 is 0 Å². The minimum absolute atomic E-state index is 0.0680. The number of ether oxygens (including phenoxy) is 3. The molecule has 3 rings (SSSR count). The number of methoxy groups -OCH3 is 2. The van der Waals surface area contributed by atoms with Crippen molar-refractivity contribution in [2.75, 3.05) is 14.2 Å². The van der Waals surface area contributed by atoms with Crippen LogP contribution in [0.1, 0.15) is 46.8 Å². The third-order valence-corrected chi connectivity index (χ3v) is 5.05. The van der Waals surface area contributed by atoms with Crippen molar-refractivity contribution in [2.24, 2.45) is 0 Å². The van der Waals surface area contributed by atoms with Crippen LogP contribution in [-0.4, -0.2) is 20.0 Å². The number of allylic oxidation sites excluding steroid dienone is 1. The number of benzene rings is 3. The topological polar surface area (TPSA) is 44.8 Å². The summed E-state index contributed by atoms with van der Waals surface area (Å²) in [7, 11) is 3.24. The van der Waals surface area contributed by atoms with Crippen molar-refractivity contribution in [3.05, 3.63) is 95.1 Å². The third kappa shape index (κ3) is 5.98. The van der Waals surface area contributed by atoms with Crippen LogP contribution in [0.2, 0.25) is 0 Å². The molecule has 0 spiro atoms. The Hall–Kier alpha value is -3.53. The zero-order valence-electron chi connectivity index (χ0n) is 18.4. The van der Waals surface area contributed by atoms with Gasteiger partial charge in [0, 0.05) is 11.1 Å². The fourth-order valence-corrected chi connectivity index (χ4v) is 3.15. The zero-order valence-corrected chi connectivity index (χ0v) is 18.4. The maximum absolute atomic E-state index is 12.4. The lowest BCUT2D eigenvalue weighted by Gasteiger charge is -2.12. The Kier molecular flexibility index (Phi) is 7.50. The molecule has 0 heterocycles. The van der Waals surface area contributed by atoms with Gasteiger partial charge in [-0.2, -0.15) is 0 Å². The average Bonchev–Trinajstić information content (AvgIpc) is 2.81. The highest BCUT2D eigenvalue weighted by Crippen LogP contribution is 2.24. The molecule has 0 saturated carbocycles. The fourth-order valence-electron chi connectivity index (χ4n) is 3.15. The highest BCUT2D eigenvalue weighted by molar-refractivity contribution is 6.06. The van der Waals surface area contributed by atoms with Crippen LogP contribution in [0.5, 0.6) is 17.2 Å². The molecule has 31 heavy (non-hydrogen) atoms. The molecule has 0 atom stereocenters. The highest BCUT2D eigenvalue weighted by Gasteiger charge is 2.07. The van der Waals surface area contributed by atoms with Crippen LogP contribution in [0.4, 0.5) is 0 Å². The Morgan fingerprint density at radius 2 is 1.55 bits per heavy atom. The summed E-state index contributed by atoms with van der Waals surface area (Å²) in [6.45, 7) is 4.70. The lowest BCUT2D eigenvalue weighted by Crippen LogP contribution is -2.00. The molecule has 0 N–H and O–H groups in total. The first-order valence-corrected chi connectivity index (χ1v) is 10.3. The second-order valence-corrected chi connectivity index (χ2v) is 7.51. The van der Waals surface area contributed by atoms with Gasteiger partial charge in [-0.15, -0.1) is 0 Å². The largest absolute Gasteiger partial charge is 0.497 e. The molecule has 0 amide bonds. The molecule has 0 aromatic heterocycles. The predicted octanol–water partition coefficient (Wildman–Crippen LogP) is 6.30. The van der Waals surface area contributed by atoms with Crippen LogP contribution in [0.25, 0.3) is 6.08 Å². The van der Waals surface area contributed by atoms with Crippen molar-refractivity contribution >= 4 is 11.9 Å². The van der Waals surface area contributed by atoms with Gasteiger partial charge in [0.05, 0.1) is 14.2 Å². The second-order valence-electron chi connectivity index (χ2n) is 7.51. The van der Waals surface area contributed by atoms with E-state index < -0.39 is 0 Å². The summed E-state index contributed by atoms with van der Waals surface area (Å²) in [5.41, 5.74) is 3.70. The average molecular weight is 417 g/mol. The van der Waals surface area contributed by atoms with Crippen molar-refractivity contribution < 1.29 is 19.0 Å². The number of carbonyl (C=O) groups excluding carboxylic acids is 1. The minimum Gasteiger partial charge on any atom is -0.497 e. The van der Waals surface area contributed by atoms with Gasteiger partial charge in [-0.25, -0.2) is 0 Å². The van der Waals surface area contributed by atoms with Gasteiger partial charge in [-0.3, -0.25) is 4.79 Å². The molecule has 0 radical (unpaired) electrons. The molecule has 160 valence electrons. The maximum Gasteiger partial charge on any atom is 0.185 e. The molecule has 0 unspecified atom stereocenters. The van der Waals surface area contributed by atoms with Crippen LogP contribution >= 0.6 is 0 Å². The first-order valence-electron chi connectivity index (χ1n) is 10.3. The van der Waals surface area contributed by atoms with Crippen LogP contribution < -0.4 is 14.2 Å². The van der Waals surface area contributed by atoms with E-state index in [4.69, 9.17) is 14.2 Å². The standard InChI is InChI=1S/C27H28O4/c1-19(2)21-7-13-25(14-8-21)31-18-23-17-20(6-16-27(23)30-4)5-15-26(28)22-9-11-24(29-3)12-10-22/h5-17,19H,18H2,1-4H3/b15-5+. The summed E-state index contributed by atoms with van der Waals surface area (Å²) < 4.78 is 16.6. The molecule has 0 aliphatic heterocycles. The molecule has 4 heteroatoms. The van der Waals surface area contributed by atoms with E-state index in [0.717, 1.165) is 28.4 Å². The Labute approximate surface area is 184 Å². The van der Waals surface area contributed by atoms with Crippen molar-refractivity contribution in [2.45, 2.75) is 26.4 Å². The summed E-state index contributed by atoms with van der Waals surface area (Å²) in [5.74, 6) is 2.69. The third-order valence-electron chi connectivity index (χ3n) is 5.05. The highest BCUT2D eigenvalue weighted by atomic mass is 16.5. The summed E-state index contributed by atoms with van der Waals surface area (Å²) in [6, 6.07) is 21.0. The number of hydrogen-bond acceptors (Lipinski definition) is 4. The molecule has 0 aliphatic carbocycles. The predicted molar refractivity (Wildman–Crippen MR) is 124 cm³/mol. The number of ketones is 1. The molecule has 0 fully saturated rings. The quantitative estimate of drug-likeness (QED) is 0.303. The number of carbonyl (C=O) groups is 1. The van der Waals surface area contributed by atoms with Gasteiger partial charge in [0.2, 0.25) is 0 Å². The lowest BCUT2D eigenvalue weighted by atomic mass is 10.0. The van der Waals surface area contributed by atoms with E-state index in [1.165, 1.54) is 5.56 Å². The summed E-state index contributed by atoms with van der Waals surface area (Å²) in [5, 5.41) is 0. The van der Waals surface area contributed by atoms with Crippen molar-refractivity contribution in [1.29, 1.82) is 0 Å². The minimum atomic E-state index is -0.0680. The van der Waals surface area contributed by atoms with E-state index in [2.05, 4.69) is 26.0 Å². The van der Waals surface area contributed by atoms with Crippen LogP contribution in [0.15, 0.2) is 72.8 Å². The first kappa shape index (κ1) is 22.2. The van der Waals surface area contributed by atoms with Gasteiger partial charge < -0.3 is 14.2 Å². The molecule has 3 aromatic carbocycles. The van der Waals surface area contributed by atoms with E-state index in [1.807, 2.05) is 30.3 Å². The maximum atomic E-state index is 12.4. The molecule has 0 bridgehead atoms. The van der Waals surface area contributed by atoms with Crippen molar-refractivity contribution in [3.63, 3.8) is 0 Å². The first-order chi connectivity index (χ1) is 15.0. The van der Waals surface area contributed by atoms with Crippen LogP contribution in [-0.2, 0) is 6.61 Å². The van der Waals surface area contributed by atoms with Gasteiger partial charge in [-0.05, 0) is 71.7 Å². The summed E-state index contributed by atoms with van der Waals surface area (Å²) in [4.78, 5) is 12.4. The SMILES string of the molecule is COc1ccc(C(=O)/C=C/c2ccc(OC)c(COc3ccc(C(C)C)cc3)c2)cc1. The van der Waals surface area contributed by atoms with E-state index in [-0.39, 0.29) is 5.78 Å². The van der Waals surface area contributed by atoms with Gasteiger partial charge in [0.25, 0.3) is 0 Å². The molecule has 3 aromatic rings. The van der Waals surface area contributed by atoms with E-state index in [1.54, 1.807) is 50.6 Å². The molecule has 0 saturated heterocycles. The Balaban J connectivity index is 1.70.